The Morgan fingerprint density at radius 2 is 1.83 bits per heavy atom. The molecule has 3 heterocycles. The van der Waals surface area contributed by atoms with Gasteiger partial charge in [-0.15, -0.1) is 0 Å². The molecule has 0 aromatic carbocycles. The molecule has 15 heteroatoms. The number of Topliss-reactive ketones (excluding diaryl/α,β-unsaturated/α-hetero) is 1. The van der Waals surface area contributed by atoms with Gasteiger partial charge in [-0.05, 0) is 63.0 Å². The van der Waals surface area contributed by atoms with Gasteiger partial charge in [0.05, 0.1) is 23.6 Å². The molecule has 1 aromatic rings. The quantitative estimate of drug-likeness (QED) is 0.234. The average Bonchev–Trinajstić information content (AvgIpc) is 3.15. The lowest BCUT2D eigenvalue weighted by Crippen LogP contribution is -2.42. The number of carbonyl (C=O) groups excluding carboxylic acids is 5. The van der Waals surface area contributed by atoms with E-state index in [-0.39, 0.29) is 46.7 Å². The van der Waals surface area contributed by atoms with Crippen LogP contribution >= 0.6 is 0 Å². The summed E-state index contributed by atoms with van der Waals surface area (Å²) in [5.74, 6) is -2.30. The van der Waals surface area contributed by atoms with Gasteiger partial charge in [-0.25, -0.2) is 14.8 Å². The Morgan fingerprint density at radius 1 is 1.11 bits per heavy atom. The van der Waals surface area contributed by atoms with Crippen LogP contribution in [0.2, 0.25) is 0 Å². The summed E-state index contributed by atoms with van der Waals surface area (Å²) in [5, 5.41) is 17.3. The zero-order chi connectivity index (χ0) is 39.5. The average molecular weight is 749 g/mol. The molecule has 5 N–H and O–H groups in total. The highest BCUT2D eigenvalue weighted by atomic mass is 16.6. The number of allylic oxidation sites excluding steroid dienone is 4. The zero-order valence-electron chi connectivity index (χ0n) is 31.7. The number of aliphatic hydroxyl groups excluding tert-OH is 1. The lowest BCUT2D eigenvalue weighted by atomic mass is 9.85. The minimum Gasteiger partial charge on any atom is -0.439 e. The van der Waals surface area contributed by atoms with Gasteiger partial charge in [0.15, 0.2) is 6.10 Å². The fraction of sp³-hybridized carbons (Fsp3) is 0.513. The number of ether oxygens (including phenoxy) is 3. The van der Waals surface area contributed by atoms with E-state index >= 15 is 0 Å². The van der Waals surface area contributed by atoms with Gasteiger partial charge in [-0.2, -0.15) is 0 Å². The molecule has 54 heavy (non-hydrogen) atoms. The second kappa shape index (κ2) is 19.4. The van der Waals surface area contributed by atoms with Crippen LogP contribution in [0.25, 0.3) is 0 Å². The minimum absolute atomic E-state index is 0.124. The first-order chi connectivity index (χ1) is 25.7. The molecule has 1 aromatic heterocycles. The first kappa shape index (κ1) is 41.8. The van der Waals surface area contributed by atoms with Crippen molar-refractivity contribution in [3.05, 3.63) is 82.8 Å². The number of rotatable bonds is 7. The van der Waals surface area contributed by atoms with E-state index in [1.807, 2.05) is 6.92 Å². The van der Waals surface area contributed by atoms with Crippen LogP contribution in [-0.4, -0.2) is 108 Å². The molecule has 292 valence electrons. The van der Waals surface area contributed by atoms with Crippen LogP contribution in [0.5, 0.6) is 0 Å². The van der Waals surface area contributed by atoms with E-state index in [0.29, 0.717) is 50.2 Å². The lowest BCUT2D eigenvalue weighted by Gasteiger charge is -2.32. The second-order valence-electron chi connectivity index (χ2n) is 14.1. The summed E-state index contributed by atoms with van der Waals surface area (Å²) in [6.07, 6.45) is 7.83. The number of likely N-dealkylation sites (tertiary alicyclic amines) is 1. The maximum Gasteiger partial charge on any atom is 0.405 e. The third-order valence-corrected chi connectivity index (χ3v) is 10.1. The molecule has 6 atom stereocenters. The normalized spacial score (nSPS) is 29.3. The summed E-state index contributed by atoms with van der Waals surface area (Å²) in [6.45, 7) is 8.42. The summed E-state index contributed by atoms with van der Waals surface area (Å²) >= 11 is 0. The smallest absolute Gasteiger partial charge is 0.405 e. The molecule has 0 unspecified atom stereocenters. The van der Waals surface area contributed by atoms with Crippen LogP contribution < -0.4 is 16.4 Å². The highest BCUT2D eigenvalue weighted by Crippen LogP contribution is 2.29. The maximum absolute atomic E-state index is 14.1. The molecule has 15 nitrogen and oxygen atoms in total. The van der Waals surface area contributed by atoms with Gasteiger partial charge in [0.25, 0.3) is 11.8 Å². The Kier molecular flexibility index (Phi) is 15.0. The van der Waals surface area contributed by atoms with Gasteiger partial charge in [0.1, 0.15) is 18.1 Å². The van der Waals surface area contributed by atoms with Crippen molar-refractivity contribution in [2.75, 3.05) is 33.9 Å². The van der Waals surface area contributed by atoms with Crippen LogP contribution in [0, 0.1) is 17.8 Å². The number of hydrogen-bond donors (Lipinski definition) is 4. The van der Waals surface area contributed by atoms with Crippen LogP contribution in [0.15, 0.2) is 77.1 Å². The van der Waals surface area contributed by atoms with Gasteiger partial charge in [-0.1, -0.05) is 38.2 Å². The summed E-state index contributed by atoms with van der Waals surface area (Å²) in [5.41, 5.74) is 6.77. The van der Waals surface area contributed by atoms with Crippen molar-refractivity contribution >= 4 is 29.5 Å². The summed E-state index contributed by atoms with van der Waals surface area (Å²) in [7, 11) is 2.92. The SMILES string of the molecule is CO[C@H]1/C=C\C=C(/C)C(=O)NC2=CC(=O)C(NCC3CCN(C(=O)c4ccncn4)CC3)=C(C[C@@H](C)C[C@H](OC)[C@H](O)[C@@H](C)/C=C(\C)[C@@H]1OC(N)=O)C2=O. The molecule has 0 saturated carbocycles. The van der Waals surface area contributed by atoms with Crippen molar-refractivity contribution in [1.29, 1.82) is 0 Å². The fourth-order valence-electron chi connectivity index (χ4n) is 6.94. The molecule has 4 rings (SSSR count). The topological polar surface area (TPSA) is 212 Å². The van der Waals surface area contributed by atoms with Crippen molar-refractivity contribution < 1.29 is 43.3 Å². The molecular formula is C39H52N6O9. The van der Waals surface area contributed by atoms with E-state index in [4.69, 9.17) is 19.9 Å². The molecule has 0 radical (unpaired) electrons. The molecule has 0 spiro atoms. The van der Waals surface area contributed by atoms with Crippen LogP contribution in [0.1, 0.15) is 63.9 Å². The highest BCUT2D eigenvalue weighted by Gasteiger charge is 2.34. The summed E-state index contributed by atoms with van der Waals surface area (Å²) in [6, 6.07) is 1.58. The van der Waals surface area contributed by atoms with E-state index < -0.39 is 53.9 Å². The fourth-order valence-corrected chi connectivity index (χ4v) is 6.94. The van der Waals surface area contributed by atoms with Gasteiger partial charge in [0, 0.05) is 63.2 Å². The van der Waals surface area contributed by atoms with E-state index in [1.54, 1.807) is 50.0 Å². The maximum atomic E-state index is 14.1. The molecule has 1 saturated heterocycles. The van der Waals surface area contributed by atoms with E-state index in [1.165, 1.54) is 32.8 Å². The lowest BCUT2D eigenvalue weighted by molar-refractivity contribution is -0.120. The Hall–Kier alpha value is -4.99. The zero-order valence-corrected chi connectivity index (χ0v) is 31.7. The minimum atomic E-state index is -1.01. The monoisotopic (exact) mass is 748 g/mol. The number of nitrogens with one attached hydrogen (secondary N) is 2. The predicted octanol–water partition coefficient (Wildman–Crippen LogP) is 2.69. The number of nitrogens with two attached hydrogens (primary N) is 1. The van der Waals surface area contributed by atoms with Crippen molar-refractivity contribution in [1.82, 2.24) is 25.5 Å². The molecule has 1 aliphatic carbocycles. The molecule has 2 bridgehead atoms. The number of methoxy groups -OCH3 is 2. The van der Waals surface area contributed by atoms with E-state index in [9.17, 15) is 29.1 Å². The summed E-state index contributed by atoms with van der Waals surface area (Å²) in [4.78, 5) is 75.4. The number of fused-ring (bicyclic) bond motifs is 2. The number of piperidine rings is 1. The standard InChI is InChI=1S/C39H52N6O9/c1-22-16-27-33(42-20-26-11-14-45(15-12-26)38(50)28-10-13-41-21-43-28)30(46)19-29(35(27)48)44-37(49)23(2)8-7-9-31(52-5)36(54-39(40)51)25(4)18-24(3)34(47)32(17-22)53-6/h7-10,13,18-19,21-22,24,26,31-32,34,36,42,47H,11-12,14-17,20H2,1-6H3,(H2,40,51)(H,44,49)/b9-7-,23-8+,25-18+/t22-,24+,31+,32+,34-,36+/m1/s1. The first-order valence-corrected chi connectivity index (χ1v) is 18.1. The third kappa shape index (κ3) is 10.8. The Morgan fingerprint density at radius 3 is 2.46 bits per heavy atom. The van der Waals surface area contributed by atoms with Crippen LogP contribution in [-0.2, 0) is 28.6 Å². The van der Waals surface area contributed by atoms with Crippen molar-refractivity contribution in [2.24, 2.45) is 23.5 Å². The van der Waals surface area contributed by atoms with Crippen LogP contribution in [0.4, 0.5) is 4.79 Å². The molecular weight excluding hydrogens is 696 g/mol. The van der Waals surface area contributed by atoms with E-state index in [0.717, 1.165) is 6.08 Å². The molecule has 3 amide bonds. The van der Waals surface area contributed by atoms with Crippen LogP contribution in [0.3, 0.4) is 0 Å². The van der Waals surface area contributed by atoms with Crippen molar-refractivity contribution in [3.8, 4) is 0 Å². The first-order valence-electron chi connectivity index (χ1n) is 18.1. The molecule has 2 aliphatic heterocycles. The number of aromatic nitrogens is 2. The van der Waals surface area contributed by atoms with Gasteiger partial charge < -0.3 is 40.6 Å². The number of hydrogen-bond acceptors (Lipinski definition) is 12. The van der Waals surface area contributed by atoms with Crippen molar-refractivity contribution in [2.45, 2.75) is 77.8 Å². The van der Waals surface area contributed by atoms with Gasteiger partial charge >= 0.3 is 6.09 Å². The van der Waals surface area contributed by atoms with Gasteiger partial charge in [-0.3, -0.25) is 19.2 Å². The Labute approximate surface area is 315 Å². The third-order valence-electron chi connectivity index (χ3n) is 10.1. The predicted molar refractivity (Wildman–Crippen MR) is 198 cm³/mol. The number of nitrogens with zero attached hydrogens (tertiary/aromatic N) is 3. The number of aliphatic hydroxyl groups is 1. The molecule has 1 fully saturated rings. The number of amides is 3. The van der Waals surface area contributed by atoms with Crippen molar-refractivity contribution in [3.63, 3.8) is 0 Å². The Balaban J connectivity index is 1.60. The second-order valence-corrected chi connectivity index (χ2v) is 14.1. The number of ketones is 2. The number of carbonyl (C=O) groups is 5. The Bertz CT molecular complexity index is 1710. The highest BCUT2D eigenvalue weighted by molar-refractivity contribution is 6.23. The molecule has 3 aliphatic rings. The largest absolute Gasteiger partial charge is 0.439 e. The number of primary amides is 1. The van der Waals surface area contributed by atoms with E-state index in [2.05, 4.69) is 20.6 Å². The summed E-state index contributed by atoms with van der Waals surface area (Å²) < 4.78 is 16.7. The van der Waals surface area contributed by atoms with Gasteiger partial charge in [0.2, 0.25) is 11.6 Å².